The van der Waals surface area contributed by atoms with Crippen LogP contribution in [0.2, 0.25) is 0 Å². The van der Waals surface area contributed by atoms with Crippen LogP contribution in [0.15, 0.2) is 24.3 Å². The highest BCUT2D eigenvalue weighted by atomic mass is 16.2. The van der Waals surface area contributed by atoms with Crippen molar-refractivity contribution in [2.24, 2.45) is 5.92 Å². The van der Waals surface area contributed by atoms with Gasteiger partial charge in [-0.15, -0.1) is 0 Å². The van der Waals surface area contributed by atoms with E-state index in [1.807, 2.05) is 38.2 Å². The maximum Gasteiger partial charge on any atom is 0.321 e. The zero-order valence-corrected chi connectivity index (χ0v) is 13.1. The molecule has 0 bridgehead atoms. The van der Waals surface area contributed by atoms with E-state index in [0.29, 0.717) is 18.8 Å². The van der Waals surface area contributed by atoms with Crippen LogP contribution in [0.3, 0.4) is 0 Å². The molecular formula is C15H24N4O2. The number of anilines is 1. The first kappa shape index (κ1) is 17.0. The second-order valence-electron chi connectivity index (χ2n) is 5.20. The van der Waals surface area contributed by atoms with Gasteiger partial charge in [0.1, 0.15) is 0 Å². The van der Waals surface area contributed by atoms with Crippen LogP contribution in [-0.4, -0.2) is 44.5 Å². The van der Waals surface area contributed by atoms with Crippen molar-refractivity contribution in [1.29, 1.82) is 0 Å². The van der Waals surface area contributed by atoms with E-state index in [2.05, 4.69) is 16.0 Å². The van der Waals surface area contributed by atoms with Crippen LogP contribution in [-0.2, 0) is 11.3 Å². The number of carbonyl (C=O) groups excluding carboxylic acids is 2. The Bertz CT molecular complexity index is 488. The lowest BCUT2D eigenvalue weighted by Crippen LogP contribution is -2.33. The molecule has 0 spiro atoms. The Hall–Kier alpha value is -2.08. The van der Waals surface area contributed by atoms with Gasteiger partial charge in [-0.3, -0.25) is 4.79 Å². The molecule has 6 heteroatoms. The summed E-state index contributed by atoms with van der Waals surface area (Å²) in [6.07, 6.45) is 0. The Morgan fingerprint density at radius 3 is 2.62 bits per heavy atom. The number of hydrogen-bond donors (Lipinski definition) is 3. The molecule has 3 amide bonds. The number of carbonyl (C=O) groups is 2. The molecule has 6 nitrogen and oxygen atoms in total. The molecule has 0 aromatic heterocycles. The lowest BCUT2D eigenvalue weighted by atomic mass is 10.1. The smallest absolute Gasteiger partial charge is 0.321 e. The largest absolute Gasteiger partial charge is 0.352 e. The van der Waals surface area contributed by atoms with Gasteiger partial charge in [0.15, 0.2) is 0 Å². The van der Waals surface area contributed by atoms with Crippen molar-refractivity contribution in [1.82, 2.24) is 15.5 Å². The zero-order chi connectivity index (χ0) is 15.8. The average Bonchev–Trinajstić information content (AvgIpc) is 2.45. The predicted molar refractivity (Wildman–Crippen MR) is 84.1 cm³/mol. The first-order chi connectivity index (χ1) is 9.93. The van der Waals surface area contributed by atoms with Crippen molar-refractivity contribution >= 4 is 17.6 Å². The molecule has 0 radical (unpaired) electrons. The highest BCUT2D eigenvalue weighted by molar-refractivity contribution is 5.89. The second-order valence-corrected chi connectivity index (χ2v) is 5.20. The molecule has 0 aliphatic rings. The van der Waals surface area contributed by atoms with Crippen molar-refractivity contribution in [3.63, 3.8) is 0 Å². The zero-order valence-electron chi connectivity index (χ0n) is 13.1. The fourth-order valence-corrected chi connectivity index (χ4v) is 1.76. The molecule has 1 atom stereocenters. The van der Waals surface area contributed by atoms with Crippen LogP contribution < -0.4 is 16.0 Å². The molecule has 0 aliphatic carbocycles. The van der Waals surface area contributed by atoms with Gasteiger partial charge >= 0.3 is 6.03 Å². The van der Waals surface area contributed by atoms with Crippen molar-refractivity contribution < 1.29 is 9.59 Å². The highest BCUT2D eigenvalue weighted by Gasteiger charge is 2.11. The molecule has 0 heterocycles. The van der Waals surface area contributed by atoms with E-state index in [0.717, 1.165) is 5.56 Å². The van der Waals surface area contributed by atoms with Crippen LogP contribution >= 0.6 is 0 Å². The number of nitrogens with one attached hydrogen (secondary N) is 3. The Morgan fingerprint density at radius 1 is 1.29 bits per heavy atom. The van der Waals surface area contributed by atoms with Gasteiger partial charge in [-0.25, -0.2) is 4.79 Å². The molecule has 3 N–H and O–H groups in total. The van der Waals surface area contributed by atoms with Crippen LogP contribution in [0, 0.1) is 5.92 Å². The molecule has 0 saturated heterocycles. The van der Waals surface area contributed by atoms with E-state index >= 15 is 0 Å². The number of amides is 3. The molecule has 1 aromatic rings. The summed E-state index contributed by atoms with van der Waals surface area (Å²) in [5.74, 6) is -0.0706. The first-order valence-electron chi connectivity index (χ1n) is 6.93. The van der Waals surface area contributed by atoms with E-state index in [1.165, 1.54) is 4.90 Å². The van der Waals surface area contributed by atoms with Gasteiger partial charge in [-0.1, -0.05) is 19.1 Å². The standard InChI is InChI=1S/C15H24N4O2/c1-11(9-16-2)14(20)17-10-12-6-5-7-13(8-12)18-15(21)19(3)4/h5-8,11,16H,9-10H2,1-4H3,(H,17,20)(H,18,21). The van der Waals surface area contributed by atoms with Gasteiger partial charge in [-0.05, 0) is 24.7 Å². The van der Waals surface area contributed by atoms with Gasteiger partial charge in [0.2, 0.25) is 5.91 Å². The van der Waals surface area contributed by atoms with Crippen molar-refractivity contribution in [3.05, 3.63) is 29.8 Å². The minimum absolute atomic E-state index is 0.00656. The van der Waals surface area contributed by atoms with Crippen molar-refractivity contribution in [2.75, 3.05) is 33.0 Å². The summed E-state index contributed by atoms with van der Waals surface area (Å²) in [5.41, 5.74) is 1.65. The minimum Gasteiger partial charge on any atom is -0.352 e. The molecule has 116 valence electrons. The summed E-state index contributed by atoms with van der Waals surface area (Å²) in [6, 6.07) is 7.25. The fourth-order valence-electron chi connectivity index (χ4n) is 1.76. The molecular weight excluding hydrogens is 268 g/mol. The van der Waals surface area contributed by atoms with Gasteiger partial charge in [0.05, 0.1) is 0 Å². The second kappa shape index (κ2) is 8.26. The maximum absolute atomic E-state index is 11.8. The van der Waals surface area contributed by atoms with E-state index in [9.17, 15) is 9.59 Å². The third-order valence-electron chi connectivity index (χ3n) is 3.01. The van der Waals surface area contributed by atoms with Gasteiger partial charge < -0.3 is 20.9 Å². The first-order valence-corrected chi connectivity index (χ1v) is 6.93. The molecule has 1 aromatic carbocycles. The Morgan fingerprint density at radius 2 is 2.00 bits per heavy atom. The van der Waals surface area contributed by atoms with E-state index in [1.54, 1.807) is 14.1 Å². The highest BCUT2D eigenvalue weighted by Crippen LogP contribution is 2.11. The molecule has 0 fully saturated rings. The van der Waals surface area contributed by atoms with Gasteiger partial charge in [0.25, 0.3) is 0 Å². The number of benzene rings is 1. The fraction of sp³-hybridized carbons (Fsp3) is 0.467. The molecule has 0 aliphatic heterocycles. The quantitative estimate of drug-likeness (QED) is 0.739. The number of nitrogens with zero attached hydrogens (tertiary/aromatic N) is 1. The number of urea groups is 1. The molecule has 21 heavy (non-hydrogen) atoms. The van der Waals surface area contributed by atoms with Crippen molar-refractivity contribution in [3.8, 4) is 0 Å². The van der Waals surface area contributed by atoms with Crippen LogP contribution in [0.25, 0.3) is 0 Å². The third kappa shape index (κ3) is 5.83. The average molecular weight is 292 g/mol. The van der Waals surface area contributed by atoms with Crippen molar-refractivity contribution in [2.45, 2.75) is 13.5 Å². The topological polar surface area (TPSA) is 73.5 Å². The van der Waals surface area contributed by atoms with E-state index in [4.69, 9.17) is 0 Å². The Balaban J connectivity index is 2.57. The molecule has 0 saturated carbocycles. The summed E-state index contributed by atoms with van der Waals surface area (Å²) < 4.78 is 0. The molecule has 1 rings (SSSR count). The number of hydrogen-bond acceptors (Lipinski definition) is 3. The summed E-state index contributed by atoms with van der Waals surface area (Å²) in [7, 11) is 5.19. The maximum atomic E-state index is 11.8. The lowest BCUT2D eigenvalue weighted by Gasteiger charge is -2.14. The SMILES string of the molecule is CNCC(C)C(=O)NCc1cccc(NC(=O)N(C)C)c1. The van der Waals surface area contributed by atoms with Crippen LogP contribution in [0.1, 0.15) is 12.5 Å². The van der Waals surface area contributed by atoms with Gasteiger partial charge in [-0.2, -0.15) is 0 Å². The molecule has 1 unspecified atom stereocenters. The minimum atomic E-state index is -0.182. The van der Waals surface area contributed by atoms with Gasteiger partial charge in [0, 0.05) is 38.8 Å². The monoisotopic (exact) mass is 292 g/mol. The normalized spacial score (nSPS) is 11.6. The summed E-state index contributed by atoms with van der Waals surface area (Å²) in [4.78, 5) is 24.9. The Labute approximate surface area is 125 Å². The lowest BCUT2D eigenvalue weighted by molar-refractivity contribution is -0.124. The summed E-state index contributed by atoms with van der Waals surface area (Å²) in [6.45, 7) is 2.96. The van der Waals surface area contributed by atoms with Crippen LogP contribution in [0.4, 0.5) is 10.5 Å². The van der Waals surface area contributed by atoms with E-state index < -0.39 is 0 Å². The number of rotatable bonds is 6. The van der Waals surface area contributed by atoms with E-state index in [-0.39, 0.29) is 17.9 Å². The third-order valence-corrected chi connectivity index (χ3v) is 3.01. The Kier molecular flexibility index (Phi) is 6.68. The predicted octanol–water partition coefficient (Wildman–Crippen LogP) is 1.25. The van der Waals surface area contributed by atoms with Crippen LogP contribution in [0.5, 0.6) is 0 Å². The summed E-state index contributed by atoms with van der Waals surface area (Å²) >= 11 is 0. The summed E-state index contributed by atoms with van der Waals surface area (Å²) in [5, 5.41) is 8.64.